The number of nitro benzene ring substituents is 1. The molecule has 19 heavy (non-hydrogen) atoms. The molecule has 0 unspecified atom stereocenters. The third-order valence-electron chi connectivity index (χ3n) is 2.86. The fourth-order valence-electron chi connectivity index (χ4n) is 1.84. The summed E-state index contributed by atoms with van der Waals surface area (Å²) in [6, 6.07) is 4.35. The van der Waals surface area contributed by atoms with Gasteiger partial charge in [0, 0.05) is 37.0 Å². The Bertz CT molecular complexity index is 460. The second-order valence-electron chi connectivity index (χ2n) is 4.70. The SMILES string of the molecule is CN(C)CCCN(C)c1ccc([N+](=O)[O-])cc1C=O. The quantitative estimate of drug-likeness (QED) is 0.427. The van der Waals surface area contributed by atoms with Gasteiger partial charge in [-0.2, -0.15) is 0 Å². The molecule has 0 saturated carbocycles. The van der Waals surface area contributed by atoms with Crippen LogP contribution in [0.15, 0.2) is 18.2 Å². The van der Waals surface area contributed by atoms with Crippen LogP contribution in [0.3, 0.4) is 0 Å². The molecule has 0 atom stereocenters. The van der Waals surface area contributed by atoms with E-state index in [2.05, 4.69) is 4.90 Å². The standard InChI is InChI=1S/C13H19N3O3/c1-14(2)7-4-8-15(3)13-6-5-12(16(18)19)9-11(13)10-17/h5-6,9-10H,4,7-8H2,1-3H3. The van der Waals surface area contributed by atoms with Gasteiger partial charge in [-0.25, -0.2) is 0 Å². The number of nitrogens with zero attached hydrogens (tertiary/aromatic N) is 3. The van der Waals surface area contributed by atoms with Gasteiger partial charge in [0.05, 0.1) is 4.92 Å². The van der Waals surface area contributed by atoms with E-state index in [9.17, 15) is 14.9 Å². The van der Waals surface area contributed by atoms with E-state index >= 15 is 0 Å². The third kappa shape index (κ3) is 4.33. The molecule has 6 nitrogen and oxygen atoms in total. The molecule has 0 amide bonds. The minimum atomic E-state index is -0.497. The van der Waals surface area contributed by atoms with Crippen LogP contribution < -0.4 is 4.90 Å². The van der Waals surface area contributed by atoms with Gasteiger partial charge < -0.3 is 9.80 Å². The Hall–Kier alpha value is -1.95. The fourth-order valence-corrected chi connectivity index (χ4v) is 1.84. The zero-order valence-corrected chi connectivity index (χ0v) is 11.5. The lowest BCUT2D eigenvalue weighted by Gasteiger charge is -2.21. The number of rotatable bonds is 7. The Morgan fingerprint density at radius 2 is 1.95 bits per heavy atom. The van der Waals surface area contributed by atoms with E-state index in [1.807, 2.05) is 26.0 Å². The molecule has 6 heteroatoms. The summed E-state index contributed by atoms with van der Waals surface area (Å²) in [6.07, 6.45) is 1.61. The van der Waals surface area contributed by atoms with Crippen LogP contribution in [0.1, 0.15) is 16.8 Å². The van der Waals surface area contributed by atoms with Crippen LogP contribution in [-0.2, 0) is 0 Å². The highest BCUT2D eigenvalue weighted by molar-refractivity contribution is 5.85. The van der Waals surface area contributed by atoms with E-state index in [4.69, 9.17) is 0 Å². The summed E-state index contributed by atoms with van der Waals surface area (Å²) in [7, 11) is 5.88. The average Bonchev–Trinajstić information content (AvgIpc) is 2.37. The number of anilines is 1. The molecule has 0 aliphatic heterocycles. The Labute approximate surface area is 112 Å². The van der Waals surface area contributed by atoms with Gasteiger partial charge >= 0.3 is 0 Å². The van der Waals surface area contributed by atoms with Crippen LogP contribution in [-0.4, -0.2) is 50.3 Å². The summed E-state index contributed by atoms with van der Waals surface area (Å²) >= 11 is 0. The van der Waals surface area contributed by atoms with E-state index in [0.717, 1.165) is 25.2 Å². The first-order valence-electron chi connectivity index (χ1n) is 6.05. The van der Waals surface area contributed by atoms with E-state index < -0.39 is 4.92 Å². The molecule has 0 aromatic heterocycles. The van der Waals surface area contributed by atoms with Crippen LogP contribution >= 0.6 is 0 Å². The van der Waals surface area contributed by atoms with Crippen molar-refractivity contribution in [2.75, 3.05) is 39.1 Å². The normalized spacial score (nSPS) is 10.5. The number of hydrogen-bond acceptors (Lipinski definition) is 5. The van der Waals surface area contributed by atoms with Gasteiger partial charge in [0.25, 0.3) is 5.69 Å². The molecule has 0 aliphatic rings. The first-order chi connectivity index (χ1) is 8.95. The van der Waals surface area contributed by atoms with Crippen molar-refractivity contribution in [2.24, 2.45) is 0 Å². The summed E-state index contributed by atoms with van der Waals surface area (Å²) in [4.78, 5) is 25.2. The predicted octanol–water partition coefficient (Wildman–Crippen LogP) is 1.80. The first kappa shape index (κ1) is 15.1. The molecule has 0 N–H and O–H groups in total. The number of carbonyl (C=O) groups excluding carboxylic acids is 1. The summed E-state index contributed by atoms with van der Waals surface area (Å²) in [5, 5.41) is 10.7. The lowest BCUT2D eigenvalue weighted by molar-refractivity contribution is -0.384. The third-order valence-corrected chi connectivity index (χ3v) is 2.86. The molecule has 0 bridgehead atoms. The van der Waals surface area contributed by atoms with E-state index in [1.165, 1.54) is 12.1 Å². The molecular weight excluding hydrogens is 246 g/mol. The van der Waals surface area contributed by atoms with Gasteiger partial charge in [-0.3, -0.25) is 14.9 Å². The number of benzene rings is 1. The van der Waals surface area contributed by atoms with Crippen molar-refractivity contribution in [1.29, 1.82) is 0 Å². The van der Waals surface area contributed by atoms with Crippen molar-refractivity contribution in [2.45, 2.75) is 6.42 Å². The molecule has 0 heterocycles. The number of carbonyl (C=O) groups is 1. The Kier molecular flexibility index (Phi) is 5.44. The Balaban J connectivity index is 2.81. The van der Waals surface area contributed by atoms with Crippen LogP contribution in [0.4, 0.5) is 11.4 Å². The number of aldehydes is 1. The summed E-state index contributed by atoms with van der Waals surface area (Å²) in [6.45, 7) is 1.74. The first-order valence-corrected chi connectivity index (χ1v) is 6.05. The fraction of sp³-hybridized carbons (Fsp3) is 0.462. The second-order valence-corrected chi connectivity index (χ2v) is 4.70. The minimum absolute atomic E-state index is 0.0625. The zero-order valence-electron chi connectivity index (χ0n) is 11.5. The van der Waals surface area contributed by atoms with Crippen LogP contribution in [0, 0.1) is 10.1 Å². The highest BCUT2D eigenvalue weighted by atomic mass is 16.6. The lowest BCUT2D eigenvalue weighted by Crippen LogP contribution is -2.24. The van der Waals surface area contributed by atoms with Crippen LogP contribution in [0.5, 0.6) is 0 Å². The van der Waals surface area contributed by atoms with Crippen molar-refractivity contribution < 1.29 is 9.72 Å². The highest BCUT2D eigenvalue weighted by Gasteiger charge is 2.12. The van der Waals surface area contributed by atoms with E-state index in [1.54, 1.807) is 6.07 Å². The molecular formula is C13H19N3O3. The molecule has 0 spiro atoms. The molecule has 0 saturated heterocycles. The minimum Gasteiger partial charge on any atom is -0.374 e. The maximum Gasteiger partial charge on any atom is 0.270 e. The summed E-state index contributed by atoms with van der Waals surface area (Å²) in [5.41, 5.74) is 1.01. The van der Waals surface area contributed by atoms with Gasteiger partial charge in [-0.1, -0.05) is 0 Å². The van der Waals surface area contributed by atoms with Gasteiger partial charge in [0.1, 0.15) is 0 Å². The maximum absolute atomic E-state index is 11.0. The van der Waals surface area contributed by atoms with Crippen molar-refractivity contribution in [3.63, 3.8) is 0 Å². The van der Waals surface area contributed by atoms with Gasteiger partial charge in [0.15, 0.2) is 6.29 Å². The highest BCUT2D eigenvalue weighted by Crippen LogP contribution is 2.23. The number of nitro groups is 1. The van der Waals surface area contributed by atoms with Crippen molar-refractivity contribution in [1.82, 2.24) is 4.90 Å². The van der Waals surface area contributed by atoms with Gasteiger partial charge in [0.2, 0.25) is 0 Å². The average molecular weight is 265 g/mol. The summed E-state index contributed by atoms with van der Waals surface area (Å²) < 4.78 is 0. The lowest BCUT2D eigenvalue weighted by atomic mass is 10.1. The van der Waals surface area contributed by atoms with E-state index in [0.29, 0.717) is 11.8 Å². The molecule has 0 radical (unpaired) electrons. The number of hydrogen-bond donors (Lipinski definition) is 0. The zero-order chi connectivity index (χ0) is 14.4. The van der Waals surface area contributed by atoms with Gasteiger partial charge in [-0.05, 0) is 33.1 Å². The molecule has 0 fully saturated rings. The van der Waals surface area contributed by atoms with Crippen LogP contribution in [0.25, 0.3) is 0 Å². The van der Waals surface area contributed by atoms with Gasteiger partial charge in [-0.15, -0.1) is 0 Å². The maximum atomic E-state index is 11.0. The Morgan fingerprint density at radius 3 is 2.47 bits per heavy atom. The summed E-state index contributed by atoms with van der Waals surface area (Å²) in [5.74, 6) is 0. The number of non-ortho nitro benzene ring substituents is 1. The van der Waals surface area contributed by atoms with Crippen molar-refractivity contribution in [3.8, 4) is 0 Å². The van der Waals surface area contributed by atoms with Crippen molar-refractivity contribution >= 4 is 17.7 Å². The molecule has 0 aliphatic carbocycles. The largest absolute Gasteiger partial charge is 0.374 e. The molecule has 104 valence electrons. The predicted molar refractivity (Wildman–Crippen MR) is 74.9 cm³/mol. The monoisotopic (exact) mass is 265 g/mol. The smallest absolute Gasteiger partial charge is 0.270 e. The molecule has 1 aromatic carbocycles. The van der Waals surface area contributed by atoms with Crippen molar-refractivity contribution in [3.05, 3.63) is 33.9 Å². The second kappa shape index (κ2) is 6.84. The topological polar surface area (TPSA) is 66.7 Å². The van der Waals surface area contributed by atoms with Crippen LogP contribution in [0.2, 0.25) is 0 Å². The Morgan fingerprint density at radius 1 is 1.26 bits per heavy atom. The molecule has 1 rings (SSSR count). The van der Waals surface area contributed by atoms with E-state index in [-0.39, 0.29) is 5.69 Å². The molecule has 1 aromatic rings.